The molecule has 0 unspecified atom stereocenters. The number of imide groups is 1. The molecule has 0 bridgehead atoms. The summed E-state index contributed by atoms with van der Waals surface area (Å²) in [6.45, 7) is 4.10. The summed E-state index contributed by atoms with van der Waals surface area (Å²) in [5, 5.41) is 5.62. The van der Waals surface area contributed by atoms with E-state index in [1.807, 2.05) is 13.1 Å². The Kier molecular flexibility index (Phi) is 4.59. The van der Waals surface area contributed by atoms with Crippen molar-refractivity contribution in [2.45, 2.75) is 45.2 Å². The molecule has 144 valence electrons. The Morgan fingerprint density at radius 2 is 1.85 bits per heavy atom. The van der Waals surface area contributed by atoms with Crippen molar-refractivity contribution in [2.75, 3.05) is 19.6 Å². The predicted molar refractivity (Wildman–Crippen MR) is 97.2 cm³/mol. The van der Waals surface area contributed by atoms with E-state index in [0.29, 0.717) is 17.5 Å². The van der Waals surface area contributed by atoms with E-state index in [2.05, 4.69) is 10.6 Å². The van der Waals surface area contributed by atoms with Crippen LogP contribution in [-0.4, -0.2) is 46.8 Å². The minimum Gasteiger partial charge on any atom is -0.333 e. The number of nitrogens with one attached hydrogen (secondary N) is 2. The third kappa shape index (κ3) is 3.18. The van der Waals surface area contributed by atoms with E-state index < -0.39 is 5.92 Å². The smallest absolute Gasteiger partial charge is 0.256 e. The predicted octanol–water partition coefficient (Wildman–Crippen LogP) is 0.0898. The first-order chi connectivity index (χ1) is 13.0. The van der Waals surface area contributed by atoms with Gasteiger partial charge in [0.15, 0.2) is 0 Å². The monoisotopic (exact) mass is 372 g/mol. The average molecular weight is 372 g/mol. The number of rotatable bonds is 3. The zero-order valence-corrected chi connectivity index (χ0v) is 15.4. The summed E-state index contributed by atoms with van der Waals surface area (Å²) in [4.78, 5) is 50.8. The molecule has 0 aliphatic carbocycles. The van der Waals surface area contributed by atoms with Gasteiger partial charge in [-0.05, 0) is 44.8 Å². The number of amides is 3. The quantitative estimate of drug-likeness (QED) is 0.733. The highest BCUT2D eigenvalue weighted by atomic mass is 16.2. The van der Waals surface area contributed by atoms with Crippen LogP contribution in [0.15, 0.2) is 11.0 Å². The molecule has 27 heavy (non-hydrogen) atoms. The summed E-state index contributed by atoms with van der Waals surface area (Å²) < 4.78 is 1.79. The second-order valence-electron chi connectivity index (χ2n) is 7.69. The van der Waals surface area contributed by atoms with Gasteiger partial charge in [-0.3, -0.25) is 24.5 Å². The van der Waals surface area contributed by atoms with Gasteiger partial charge in [0, 0.05) is 30.8 Å². The van der Waals surface area contributed by atoms with Gasteiger partial charge in [-0.25, -0.2) is 0 Å². The molecule has 2 saturated heterocycles. The summed E-state index contributed by atoms with van der Waals surface area (Å²) in [6, 6.07) is 0.155. The van der Waals surface area contributed by atoms with Crippen LogP contribution >= 0.6 is 0 Å². The Morgan fingerprint density at radius 3 is 2.56 bits per heavy atom. The van der Waals surface area contributed by atoms with Gasteiger partial charge in [0.05, 0.1) is 18.0 Å². The van der Waals surface area contributed by atoms with Crippen LogP contribution in [0, 0.1) is 12.8 Å². The van der Waals surface area contributed by atoms with Gasteiger partial charge in [0.1, 0.15) is 0 Å². The van der Waals surface area contributed by atoms with E-state index in [0.717, 1.165) is 31.5 Å². The lowest BCUT2D eigenvalue weighted by atomic mass is 9.97. The molecule has 0 radical (unpaired) electrons. The van der Waals surface area contributed by atoms with Crippen molar-refractivity contribution >= 4 is 17.7 Å². The van der Waals surface area contributed by atoms with Gasteiger partial charge >= 0.3 is 0 Å². The van der Waals surface area contributed by atoms with Crippen molar-refractivity contribution < 1.29 is 14.4 Å². The molecule has 0 spiro atoms. The van der Waals surface area contributed by atoms with Gasteiger partial charge in [-0.1, -0.05) is 0 Å². The zero-order chi connectivity index (χ0) is 19.1. The molecular weight excluding hydrogens is 348 g/mol. The molecule has 3 aliphatic heterocycles. The number of aryl methyl sites for hydroxylation is 1. The normalized spacial score (nSPS) is 23.5. The minimum atomic E-state index is -0.409. The molecule has 0 saturated carbocycles. The Hall–Kier alpha value is -2.48. The molecule has 3 amide bonds. The van der Waals surface area contributed by atoms with E-state index in [1.54, 1.807) is 9.47 Å². The fourth-order valence-electron chi connectivity index (χ4n) is 4.38. The molecule has 0 aromatic carbocycles. The van der Waals surface area contributed by atoms with E-state index >= 15 is 0 Å². The summed E-state index contributed by atoms with van der Waals surface area (Å²) in [5.74, 6) is -1.21. The van der Waals surface area contributed by atoms with Gasteiger partial charge in [0.25, 0.3) is 11.5 Å². The van der Waals surface area contributed by atoms with E-state index in [4.69, 9.17) is 0 Å². The largest absolute Gasteiger partial charge is 0.333 e. The molecule has 8 nitrogen and oxygen atoms in total. The molecule has 4 heterocycles. The topological polar surface area (TPSA) is 101 Å². The average Bonchev–Trinajstić information content (AvgIpc) is 2.98. The summed E-state index contributed by atoms with van der Waals surface area (Å²) >= 11 is 0. The van der Waals surface area contributed by atoms with Gasteiger partial charge in [-0.2, -0.15) is 0 Å². The maximum atomic E-state index is 13.0. The number of pyridine rings is 1. The molecule has 2 N–H and O–H groups in total. The van der Waals surface area contributed by atoms with Crippen LogP contribution in [0.2, 0.25) is 0 Å². The second kappa shape index (κ2) is 6.92. The lowest BCUT2D eigenvalue weighted by molar-refractivity contribution is -0.136. The molecule has 3 aliphatic rings. The summed E-state index contributed by atoms with van der Waals surface area (Å²) in [5.41, 5.74) is 1.73. The first kappa shape index (κ1) is 17.9. The van der Waals surface area contributed by atoms with Crippen molar-refractivity contribution in [1.82, 2.24) is 20.1 Å². The molecule has 8 heteroatoms. The Bertz CT molecular complexity index is 869. The Morgan fingerprint density at radius 1 is 1.11 bits per heavy atom. The van der Waals surface area contributed by atoms with Crippen LogP contribution in [0.1, 0.15) is 53.2 Å². The lowest BCUT2D eigenvalue weighted by Gasteiger charge is -2.25. The number of nitrogens with zero attached hydrogens (tertiary/aromatic N) is 2. The highest BCUT2D eigenvalue weighted by Crippen LogP contribution is 2.27. The number of hydrogen-bond acceptors (Lipinski definition) is 5. The fraction of sp³-hybridized carbons (Fsp3) is 0.579. The SMILES string of the molecule is Cc1cn(C2CCNCC2)c(=O)c2c1C(=O)N(C[C@@H]1CCC(=O)NC1=O)C2. The first-order valence-corrected chi connectivity index (χ1v) is 9.54. The number of carbonyl (C=O) groups is 3. The minimum absolute atomic E-state index is 0.0957. The van der Waals surface area contributed by atoms with Crippen LogP contribution in [0.3, 0.4) is 0 Å². The van der Waals surface area contributed by atoms with Crippen LogP contribution in [0.25, 0.3) is 0 Å². The van der Waals surface area contributed by atoms with Crippen LogP contribution < -0.4 is 16.2 Å². The molecule has 4 rings (SSSR count). The number of piperidine rings is 2. The van der Waals surface area contributed by atoms with Crippen LogP contribution in [0.5, 0.6) is 0 Å². The highest BCUT2D eigenvalue weighted by molar-refractivity contribution is 6.01. The van der Waals surface area contributed by atoms with Crippen molar-refractivity contribution in [2.24, 2.45) is 5.92 Å². The summed E-state index contributed by atoms with van der Waals surface area (Å²) in [6.07, 6.45) is 4.32. The number of fused-ring (bicyclic) bond motifs is 1. The Balaban J connectivity index is 1.59. The second-order valence-corrected chi connectivity index (χ2v) is 7.69. The van der Waals surface area contributed by atoms with E-state index in [-0.39, 0.29) is 48.8 Å². The fourth-order valence-corrected chi connectivity index (χ4v) is 4.38. The van der Waals surface area contributed by atoms with Gasteiger partial charge in [-0.15, -0.1) is 0 Å². The first-order valence-electron chi connectivity index (χ1n) is 9.54. The molecule has 1 aromatic heterocycles. The van der Waals surface area contributed by atoms with E-state index in [9.17, 15) is 19.2 Å². The molecular formula is C19H24N4O4. The van der Waals surface area contributed by atoms with Crippen molar-refractivity contribution in [3.63, 3.8) is 0 Å². The van der Waals surface area contributed by atoms with Gasteiger partial charge in [0.2, 0.25) is 11.8 Å². The zero-order valence-electron chi connectivity index (χ0n) is 15.4. The number of hydrogen-bond donors (Lipinski definition) is 2. The molecule has 1 aromatic rings. The lowest BCUT2D eigenvalue weighted by Crippen LogP contribution is -2.45. The molecule has 1 atom stereocenters. The van der Waals surface area contributed by atoms with Crippen molar-refractivity contribution in [3.05, 3.63) is 33.2 Å². The molecule has 2 fully saturated rings. The van der Waals surface area contributed by atoms with Crippen molar-refractivity contribution in [1.29, 1.82) is 0 Å². The standard InChI is InChI=1S/C19H24N4O4/c1-11-8-23(13-4-6-20-7-5-13)18(26)14-10-22(19(27)16(11)14)9-12-2-3-15(24)21-17(12)25/h8,12-13,20H,2-7,9-10H2,1H3,(H,21,24,25)/t12-/m0/s1. The number of aromatic nitrogens is 1. The summed E-state index contributed by atoms with van der Waals surface area (Å²) in [7, 11) is 0. The highest BCUT2D eigenvalue weighted by Gasteiger charge is 2.37. The van der Waals surface area contributed by atoms with Crippen LogP contribution in [0.4, 0.5) is 0 Å². The van der Waals surface area contributed by atoms with Crippen LogP contribution in [-0.2, 0) is 16.1 Å². The maximum Gasteiger partial charge on any atom is 0.256 e. The maximum absolute atomic E-state index is 13.0. The van der Waals surface area contributed by atoms with Crippen molar-refractivity contribution in [3.8, 4) is 0 Å². The third-order valence-corrected chi connectivity index (χ3v) is 5.87. The third-order valence-electron chi connectivity index (χ3n) is 5.87. The number of carbonyl (C=O) groups excluding carboxylic acids is 3. The van der Waals surface area contributed by atoms with Gasteiger partial charge < -0.3 is 14.8 Å². The Labute approximate surface area is 156 Å². The van der Waals surface area contributed by atoms with E-state index in [1.165, 1.54) is 0 Å².